The number of rotatable bonds is 6. The van der Waals surface area contributed by atoms with E-state index in [2.05, 4.69) is 22.1 Å². The molecule has 0 aliphatic heterocycles. The second-order valence-corrected chi connectivity index (χ2v) is 6.30. The van der Waals surface area contributed by atoms with Gasteiger partial charge in [-0.25, -0.2) is 0 Å². The Hall–Kier alpha value is -0.0500. The Labute approximate surface area is 114 Å². The third-order valence-electron chi connectivity index (χ3n) is 3.87. The van der Waals surface area contributed by atoms with Gasteiger partial charge in [0, 0.05) is 12.4 Å². The summed E-state index contributed by atoms with van der Waals surface area (Å²) >= 11 is 7.96. The van der Waals surface area contributed by atoms with Crippen molar-refractivity contribution in [2.45, 2.75) is 38.5 Å². The van der Waals surface area contributed by atoms with Crippen molar-refractivity contribution >= 4 is 22.9 Å². The third kappa shape index (κ3) is 3.97. The molecule has 1 aromatic heterocycles. The molecule has 1 aliphatic carbocycles. The highest BCUT2D eigenvalue weighted by Crippen LogP contribution is 2.36. The van der Waals surface area contributed by atoms with Crippen LogP contribution in [-0.2, 0) is 6.42 Å². The van der Waals surface area contributed by atoms with E-state index in [9.17, 15) is 0 Å². The fourth-order valence-corrected chi connectivity index (χ4v) is 3.75. The molecule has 96 valence electrons. The van der Waals surface area contributed by atoms with E-state index >= 15 is 0 Å². The maximum absolute atomic E-state index is 6.18. The first-order valence-corrected chi connectivity index (χ1v) is 8.10. The van der Waals surface area contributed by atoms with E-state index in [4.69, 9.17) is 11.6 Å². The van der Waals surface area contributed by atoms with Gasteiger partial charge in [0.1, 0.15) is 0 Å². The average Bonchev–Trinajstić information content (AvgIpc) is 2.89. The summed E-state index contributed by atoms with van der Waals surface area (Å²) in [5.41, 5.74) is 1.83. The number of thiophene rings is 1. The van der Waals surface area contributed by atoms with E-state index in [1.807, 2.05) is 0 Å². The second kappa shape index (κ2) is 6.77. The number of alkyl halides is 1. The summed E-state index contributed by atoms with van der Waals surface area (Å²) < 4.78 is 0. The quantitative estimate of drug-likeness (QED) is 0.608. The standard InChI is InChI=1S/C14H22ClNS/c15-11-14(6-2-1-3-7-14)12-16-8-4-13-5-9-17-10-13/h5,9-10,16H,1-4,6-8,11-12H2. The van der Waals surface area contributed by atoms with E-state index < -0.39 is 0 Å². The zero-order chi connectivity index (χ0) is 12.0. The summed E-state index contributed by atoms with van der Waals surface area (Å²) in [5, 5.41) is 7.99. The van der Waals surface area contributed by atoms with Crippen LogP contribution in [0.4, 0.5) is 0 Å². The third-order valence-corrected chi connectivity index (χ3v) is 5.17. The minimum Gasteiger partial charge on any atom is -0.316 e. The van der Waals surface area contributed by atoms with Crippen LogP contribution in [0.2, 0.25) is 0 Å². The van der Waals surface area contributed by atoms with Crippen molar-refractivity contribution in [1.29, 1.82) is 0 Å². The maximum Gasteiger partial charge on any atom is 0.0292 e. The zero-order valence-corrected chi connectivity index (χ0v) is 12.0. The van der Waals surface area contributed by atoms with Crippen LogP contribution in [0.25, 0.3) is 0 Å². The van der Waals surface area contributed by atoms with Gasteiger partial charge in [-0.1, -0.05) is 19.3 Å². The van der Waals surface area contributed by atoms with E-state index in [-0.39, 0.29) is 0 Å². The molecule has 2 rings (SSSR count). The normalized spacial score (nSPS) is 19.4. The summed E-state index contributed by atoms with van der Waals surface area (Å²) in [6.45, 7) is 2.18. The molecule has 0 aromatic carbocycles. The molecule has 0 spiro atoms. The predicted octanol–water partition coefficient (Wildman–Crippen LogP) is 4.07. The second-order valence-electron chi connectivity index (χ2n) is 5.25. The maximum atomic E-state index is 6.18. The minimum absolute atomic E-state index is 0.383. The lowest BCUT2D eigenvalue weighted by Crippen LogP contribution is -2.38. The van der Waals surface area contributed by atoms with Crippen molar-refractivity contribution in [3.63, 3.8) is 0 Å². The fraction of sp³-hybridized carbons (Fsp3) is 0.714. The molecule has 0 bridgehead atoms. The van der Waals surface area contributed by atoms with Gasteiger partial charge in [0.05, 0.1) is 0 Å². The first-order chi connectivity index (χ1) is 8.35. The monoisotopic (exact) mass is 271 g/mol. The van der Waals surface area contributed by atoms with Crippen LogP contribution < -0.4 is 5.32 Å². The van der Waals surface area contributed by atoms with Crippen LogP contribution in [0.15, 0.2) is 16.8 Å². The van der Waals surface area contributed by atoms with Gasteiger partial charge in [-0.05, 0) is 53.6 Å². The Morgan fingerprint density at radius 2 is 2.12 bits per heavy atom. The van der Waals surface area contributed by atoms with Gasteiger partial charge < -0.3 is 5.32 Å². The minimum atomic E-state index is 0.383. The van der Waals surface area contributed by atoms with Crippen LogP contribution in [0.5, 0.6) is 0 Å². The lowest BCUT2D eigenvalue weighted by molar-refractivity contribution is 0.213. The SMILES string of the molecule is ClCC1(CNCCc2ccsc2)CCCCC1. The summed E-state index contributed by atoms with van der Waals surface area (Å²) in [6.07, 6.45) is 7.87. The van der Waals surface area contributed by atoms with Gasteiger partial charge >= 0.3 is 0 Å². The first kappa shape index (κ1) is 13.4. The van der Waals surface area contributed by atoms with Crippen molar-refractivity contribution < 1.29 is 0 Å². The average molecular weight is 272 g/mol. The van der Waals surface area contributed by atoms with Gasteiger partial charge in [-0.2, -0.15) is 11.3 Å². The first-order valence-electron chi connectivity index (χ1n) is 6.62. The molecular formula is C14H22ClNS. The van der Waals surface area contributed by atoms with Gasteiger partial charge in [0.2, 0.25) is 0 Å². The number of hydrogen-bond acceptors (Lipinski definition) is 2. The molecule has 1 fully saturated rings. The highest BCUT2D eigenvalue weighted by Gasteiger charge is 2.30. The van der Waals surface area contributed by atoms with Gasteiger partial charge in [0.15, 0.2) is 0 Å². The van der Waals surface area contributed by atoms with E-state index in [0.717, 1.165) is 25.4 Å². The van der Waals surface area contributed by atoms with Crippen molar-refractivity contribution in [1.82, 2.24) is 5.32 Å². The van der Waals surface area contributed by atoms with Crippen molar-refractivity contribution in [3.05, 3.63) is 22.4 Å². The summed E-state index contributed by atoms with van der Waals surface area (Å²) in [4.78, 5) is 0. The molecule has 1 heterocycles. The summed E-state index contributed by atoms with van der Waals surface area (Å²) in [6, 6.07) is 2.21. The molecular weight excluding hydrogens is 250 g/mol. The van der Waals surface area contributed by atoms with Crippen LogP contribution in [-0.4, -0.2) is 19.0 Å². The number of hydrogen-bond donors (Lipinski definition) is 1. The largest absolute Gasteiger partial charge is 0.316 e. The van der Waals surface area contributed by atoms with Gasteiger partial charge in [-0.15, -0.1) is 11.6 Å². The molecule has 0 radical (unpaired) electrons. The highest BCUT2D eigenvalue weighted by atomic mass is 35.5. The lowest BCUT2D eigenvalue weighted by atomic mass is 9.75. The van der Waals surface area contributed by atoms with E-state index in [0.29, 0.717) is 5.41 Å². The Balaban J connectivity index is 1.69. The molecule has 0 atom stereocenters. The van der Waals surface area contributed by atoms with Crippen LogP contribution in [0.3, 0.4) is 0 Å². The molecule has 1 N–H and O–H groups in total. The Morgan fingerprint density at radius 1 is 1.29 bits per heavy atom. The molecule has 1 saturated carbocycles. The molecule has 1 aromatic rings. The molecule has 0 unspecified atom stereocenters. The zero-order valence-electron chi connectivity index (χ0n) is 10.4. The molecule has 1 aliphatic rings. The number of halogens is 1. The summed E-state index contributed by atoms with van der Waals surface area (Å²) in [5.74, 6) is 0.818. The van der Waals surface area contributed by atoms with Crippen LogP contribution in [0.1, 0.15) is 37.7 Å². The molecule has 1 nitrogen and oxygen atoms in total. The smallest absolute Gasteiger partial charge is 0.0292 e. The van der Waals surface area contributed by atoms with Crippen molar-refractivity contribution in [3.8, 4) is 0 Å². The van der Waals surface area contributed by atoms with Crippen LogP contribution >= 0.6 is 22.9 Å². The lowest BCUT2D eigenvalue weighted by Gasteiger charge is -2.35. The fourth-order valence-electron chi connectivity index (χ4n) is 2.68. The van der Waals surface area contributed by atoms with Crippen molar-refractivity contribution in [2.24, 2.45) is 5.41 Å². The summed E-state index contributed by atoms with van der Waals surface area (Å²) in [7, 11) is 0. The highest BCUT2D eigenvalue weighted by molar-refractivity contribution is 7.07. The molecule has 3 heteroatoms. The number of nitrogens with one attached hydrogen (secondary N) is 1. The molecule has 17 heavy (non-hydrogen) atoms. The van der Waals surface area contributed by atoms with Crippen molar-refractivity contribution in [2.75, 3.05) is 19.0 Å². The van der Waals surface area contributed by atoms with E-state index in [1.54, 1.807) is 11.3 Å². The predicted molar refractivity (Wildman–Crippen MR) is 77.1 cm³/mol. The van der Waals surface area contributed by atoms with Crippen LogP contribution in [0, 0.1) is 5.41 Å². The van der Waals surface area contributed by atoms with Gasteiger partial charge in [-0.3, -0.25) is 0 Å². The molecule has 0 amide bonds. The Kier molecular flexibility index (Phi) is 5.33. The molecule has 0 saturated heterocycles. The van der Waals surface area contributed by atoms with E-state index in [1.165, 1.54) is 37.7 Å². The Morgan fingerprint density at radius 3 is 2.76 bits per heavy atom. The topological polar surface area (TPSA) is 12.0 Å². The Bertz CT molecular complexity index is 304. The van der Waals surface area contributed by atoms with Gasteiger partial charge in [0.25, 0.3) is 0 Å².